The van der Waals surface area contributed by atoms with E-state index in [4.69, 9.17) is 0 Å². The van der Waals surface area contributed by atoms with Gasteiger partial charge in [-0.15, -0.1) is 0 Å². The maximum absolute atomic E-state index is 13.4. The highest BCUT2D eigenvalue weighted by atomic mass is 19.2. The summed E-state index contributed by atoms with van der Waals surface area (Å²) < 4.78 is 26.4. The minimum absolute atomic E-state index is 0.485. The minimum atomic E-state index is -0.858. The van der Waals surface area contributed by atoms with Crippen LogP contribution in [-0.4, -0.2) is 4.98 Å². The topological polar surface area (TPSA) is 12.9 Å². The van der Waals surface area contributed by atoms with E-state index >= 15 is 0 Å². The quantitative estimate of drug-likeness (QED) is 0.420. The van der Waals surface area contributed by atoms with E-state index in [-0.39, 0.29) is 0 Å². The van der Waals surface area contributed by atoms with Crippen molar-refractivity contribution >= 4 is 0 Å². The van der Waals surface area contributed by atoms with Gasteiger partial charge in [-0.25, -0.2) is 8.78 Å². The molecule has 1 aliphatic rings. The van der Waals surface area contributed by atoms with Crippen LogP contribution in [0.15, 0.2) is 36.5 Å². The number of hydrogen-bond acceptors (Lipinski definition) is 1. The van der Waals surface area contributed by atoms with Crippen LogP contribution in [0.5, 0.6) is 0 Å². The largest absolute Gasteiger partial charge is 0.255 e. The van der Waals surface area contributed by atoms with E-state index in [0.717, 1.165) is 17.5 Å². The average molecular weight is 367 g/mol. The second-order valence-electron chi connectivity index (χ2n) is 7.54. The lowest BCUT2D eigenvalue weighted by Gasteiger charge is -2.25. The summed E-state index contributed by atoms with van der Waals surface area (Å²) in [6.07, 6.45) is 12.1. The summed E-state index contributed by atoms with van der Waals surface area (Å²) in [7, 11) is 0. The third-order valence-electron chi connectivity index (χ3n) is 5.46. The van der Waals surface area contributed by atoms with Gasteiger partial charge in [0, 0.05) is 23.2 Å². The Morgan fingerprint density at radius 1 is 1.00 bits per heavy atom. The zero-order chi connectivity index (χ0) is 19.1. The molecular weight excluding hydrogens is 340 g/mol. The van der Waals surface area contributed by atoms with Gasteiger partial charge in [0.15, 0.2) is 11.6 Å². The first-order chi connectivity index (χ1) is 13.2. The van der Waals surface area contributed by atoms with Gasteiger partial charge < -0.3 is 0 Å². The Morgan fingerprint density at radius 2 is 1.81 bits per heavy atom. The molecule has 2 aromatic rings. The molecule has 1 fully saturated rings. The molecule has 3 rings (SSSR count). The molecule has 1 heterocycles. The van der Waals surface area contributed by atoms with E-state index in [0.29, 0.717) is 17.2 Å². The van der Waals surface area contributed by atoms with Crippen molar-refractivity contribution in [1.29, 1.82) is 0 Å². The molecule has 0 spiro atoms. The fourth-order valence-corrected chi connectivity index (χ4v) is 3.76. The zero-order valence-electron chi connectivity index (χ0n) is 16.0. The zero-order valence-corrected chi connectivity index (χ0v) is 16.0. The molecule has 1 aliphatic carbocycles. The molecule has 1 aromatic heterocycles. The van der Waals surface area contributed by atoms with E-state index < -0.39 is 11.6 Å². The van der Waals surface area contributed by atoms with Crippen LogP contribution >= 0.6 is 0 Å². The van der Waals surface area contributed by atoms with Crippen LogP contribution in [0.4, 0.5) is 8.78 Å². The fraction of sp³-hybridized carbons (Fsp3) is 0.458. The molecule has 1 nitrogen and oxygen atoms in total. The number of halogens is 2. The molecule has 1 aromatic carbocycles. The predicted molar refractivity (Wildman–Crippen MR) is 106 cm³/mol. The first kappa shape index (κ1) is 19.5. The number of unbranched alkanes of at least 4 members (excludes halogenated alkanes) is 2. The maximum Gasteiger partial charge on any atom is 0.159 e. The van der Waals surface area contributed by atoms with E-state index in [1.807, 2.05) is 6.07 Å². The third kappa shape index (κ3) is 5.63. The molecule has 27 heavy (non-hydrogen) atoms. The molecular formula is C24H27F2N. The van der Waals surface area contributed by atoms with Crippen molar-refractivity contribution in [3.8, 4) is 23.1 Å². The molecule has 1 saturated carbocycles. The Morgan fingerprint density at radius 3 is 2.48 bits per heavy atom. The Balaban J connectivity index is 1.54. The maximum atomic E-state index is 13.4. The number of nitrogens with zero attached hydrogens (tertiary/aromatic N) is 1. The second-order valence-corrected chi connectivity index (χ2v) is 7.54. The predicted octanol–water partition coefficient (Wildman–Crippen LogP) is 6.77. The van der Waals surface area contributed by atoms with Gasteiger partial charge in [0.05, 0.1) is 5.69 Å². The lowest BCUT2D eigenvalue weighted by molar-refractivity contribution is 0.294. The normalized spacial score (nSPS) is 19.4. The number of rotatable bonds is 5. The van der Waals surface area contributed by atoms with Gasteiger partial charge in [-0.3, -0.25) is 4.98 Å². The molecule has 0 unspecified atom stereocenters. The van der Waals surface area contributed by atoms with Gasteiger partial charge in [0.2, 0.25) is 0 Å². The van der Waals surface area contributed by atoms with Gasteiger partial charge in [-0.2, -0.15) is 0 Å². The number of benzene rings is 1. The van der Waals surface area contributed by atoms with Crippen LogP contribution in [0, 0.1) is 35.3 Å². The molecule has 0 radical (unpaired) electrons. The lowest BCUT2D eigenvalue weighted by Crippen LogP contribution is -2.13. The van der Waals surface area contributed by atoms with Gasteiger partial charge in [-0.05, 0) is 61.9 Å². The van der Waals surface area contributed by atoms with Crippen molar-refractivity contribution in [1.82, 2.24) is 4.98 Å². The van der Waals surface area contributed by atoms with Crippen LogP contribution in [0.3, 0.4) is 0 Å². The first-order valence-electron chi connectivity index (χ1n) is 10.1. The standard InChI is InChI=1S/C24H27F2N/c1-2-3-4-5-18-6-8-19(9-7-18)10-11-20-12-15-24(27-17-20)21-13-14-22(25)23(26)16-21/h12-19H,2-9H2,1H3. The van der Waals surface area contributed by atoms with E-state index in [9.17, 15) is 8.78 Å². The molecule has 3 heteroatoms. The summed E-state index contributed by atoms with van der Waals surface area (Å²) in [5, 5.41) is 0. The van der Waals surface area contributed by atoms with Crippen LogP contribution in [0.25, 0.3) is 11.3 Å². The minimum Gasteiger partial charge on any atom is -0.255 e. The Hall–Kier alpha value is -2.21. The summed E-state index contributed by atoms with van der Waals surface area (Å²) >= 11 is 0. The molecule has 0 atom stereocenters. The van der Waals surface area contributed by atoms with Gasteiger partial charge >= 0.3 is 0 Å². The Kier molecular flexibility index (Phi) is 6.98. The van der Waals surface area contributed by atoms with Crippen molar-refractivity contribution in [2.75, 3.05) is 0 Å². The highest BCUT2D eigenvalue weighted by Gasteiger charge is 2.19. The fourth-order valence-electron chi connectivity index (χ4n) is 3.76. The van der Waals surface area contributed by atoms with Crippen molar-refractivity contribution in [2.45, 2.75) is 58.3 Å². The van der Waals surface area contributed by atoms with Crippen molar-refractivity contribution < 1.29 is 8.78 Å². The summed E-state index contributed by atoms with van der Waals surface area (Å²) in [4.78, 5) is 4.35. The van der Waals surface area contributed by atoms with Crippen molar-refractivity contribution in [3.05, 3.63) is 53.7 Å². The summed E-state index contributed by atoms with van der Waals surface area (Å²) in [5.41, 5.74) is 2.05. The lowest BCUT2D eigenvalue weighted by atomic mass is 9.80. The van der Waals surface area contributed by atoms with Crippen LogP contribution in [0.1, 0.15) is 63.9 Å². The number of pyridine rings is 1. The molecule has 0 aliphatic heterocycles. The third-order valence-corrected chi connectivity index (χ3v) is 5.46. The smallest absolute Gasteiger partial charge is 0.159 e. The molecule has 0 bridgehead atoms. The van der Waals surface area contributed by atoms with Crippen LogP contribution in [0.2, 0.25) is 0 Å². The average Bonchev–Trinajstić information content (AvgIpc) is 2.70. The molecule has 0 N–H and O–H groups in total. The SMILES string of the molecule is CCCCCC1CCC(C#Cc2ccc(-c3ccc(F)c(F)c3)nc2)CC1. The van der Waals surface area contributed by atoms with Gasteiger partial charge in [0.25, 0.3) is 0 Å². The molecule has 142 valence electrons. The van der Waals surface area contributed by atoms with Gasteiger partial charge in [-0.1, -0.05) is 44.4 Å². The highest BCUT2D eigenvalue weighted by molar-refractivity contribution is 5.59. The Labute approximate surface area is 161 Å². The Bertz CT molecular complexity index is 793. The summed E-state index contributed by atoms with van der Waals surface area (Å²) in [5.74, 6) is 6.31. The molecule has 0 amide bonds. The number of aromatic nitrogens is 1. The molecule has 0 saturated heterocycles. The van der Waals surface area contributed by atoms with E-state index in [1.54, 1.807) is 12.3 Å². The van der Waals surface area contributed by atoms with Crippen molar-refractivity contribution in [3.63, 3.8) is 0 Å². The second kappa shape index (κ2) is 9.65. The van der Waals surface area contributed by atoms with Crippen molar-refractivity contribution in [2.24, 2.45) is 11.8 Å². The van der Waals surface area contributed by atoms with Gasteiger partial charge in [0.1, 0.15) is 0 Å². The van der Waals surface area contributed by atoms with Crippen LogP contribution in [-0.2, 0) is 0 Å². The number of hydrogen-bond donors (Lipinski definition) is 0. The first-order valence-corrected chi connectivity index (χ1v) is 10.1. The summed E-state index contributed by atoms with van der Waals surface area (Å²) in [6.45, 7) is 2.26. The van der Waals surface area contributed by atoms with E-state index in [1.165, 1.54) is 63.5 Å². The highest BCUT2D eigenvalue weighted by Crippen LogP contribution is 2.31. The summed E-state index contributed by atoms with van der Waals surface area (Å²) in [6, 6.07) is 7.53. The monoisotopic (exact) mass is 367 g/mol. The van der Waals surface area contributed by atoms with Crippen LogP contribution < -0.4 is 0 Å². The van der Waals surface area contributed by atoms with E-state index in [2.05, 4.69) is 23.7 Å².